The van der Waals surface area contributed by atoms with Crippen molar-refractivity contribution in [1.82, 2.24) is 20.0 Å². The number of benzene rings is 2. The molecule has 0 atom stereocenters. The molecule has 0 spiro atoms. The van der Waals surface area contributed by atoms with Gasteiger partial charge in [0.1, 0.15) is 10.8 Å². The first-order valence-corrected chi connectivity index (χ1v) is 9.92. The van der Waals surface area contributed by atoms with Crippen LogP contribution >= 0.6 is 11.3 Å². The molecule has 142 valence electrons. The highest BCUT2D eigenvalue weighted by Crippen LogP contribution is 2.32. The van der Waals surface area contributed by atoms with E-state index in [0.717, 1.165) is 27.7 Å². The van der Waals surface area contributed by atoms with Crippen molar-refractivity contribution in [2.75, 3.05) is 12.3 Å². The van der Waals surface area contributed by atoms with Crippen molar-refractivity contribution in [3.8, 4) is 33.4 Å². The molecule has 4 rings (SSSR count). The van der Waals surface area contributed by atoms with Gasteiger partial charge in [0.2, 0.25) is 0 Å². The minimum Gasteiger partial charge on any atom is -0.494 e. The Hall–Kier alpha value is -3.19. The molecule has 0 radical (unpaired) electrons. The lowest BCUT2D eigenvalue weighted by Crippen LogP contribution is -2.03. The first kappa shape index (κ1) is 18.2. The van der Waals surface area contributed by atoms with E-state index >= 15 is 0 Å². The largest absolute Gasteiger partial charge is 0.494 e. The third kappa shape index (κ3) is 3.36. The molecular formula is C21H21N5OS. The van der Waals surface area contributed by atoms with Gasteiger partial charge in [-0.05, 0) is 68.3 Å². The molecule has 28 heavy (non-hydrogen) atoms. The molecule has 2 aromatic carbocycles. The maximum Gasteiger partial charge on any atom is 0.165 e. The second-order valence-corrected chi connectivity index (χ2v) is 7.36. The molecule has 0 saturated heterocycles. The van der Waals surface area contributed by atoms with Crippen LogP contribution in [0.25, 0.3) is 27.6 Å². The molecule has 0 unspecified atom stereocenters. The van der Waals surface area contributed by atoms with Gasteiger partial charge in [-0.15, -0.1) is 16.4 Å². The molecule has 0 amide bonds. The van der Waals surface area contributed by atoms with Gasteiger partial charge in [0.05, 0.1) is 18.0 Å². The van der Waals surface area contributed by atoms with Gasteiger partial charge >= 0.3 is 0 Å². The third-order valence-corrected chi connectivity index (χ3v) is 5.46. The maximum atomic E-state index is 6.34. The predicted octanol–water partition coefficient (Wildman–Crippen LogP) is 4.66. The van der Waals surface area contributed by atoms with E-state index in [4.69, 9.17) is 15.5 Å². The summed E-state index contributed by atoms with van der Waals surface area (Å²) in [6, 6.07) is 14.0. The smallest absolute Gasteiger partial charge is 0.165 e. The van der Waals surface area contributed by atoms with Crippen LogP contribution in [0.2, 0.25) is 0 Å². The van der Waals surface area contributed by atoms with Gasteiger partial charge in [-0.3, -0.25) is 0 Å². The molecular weight excluding hydrogens is 370 g/mol. The lowest BCUT2D eigenvalue weighted by atomic mass is 10.1. The fraction of sp³-hybridized carbons (Fsp3) is 0.190. The number of hydrogen-bond acceptors (Lipinski definition) is 6. The SMILES string of the molecule is CCOc1ccc(-c2csc(-c3nnn(-c4ccc(C)c(C)c4)c3N)n2)cc1. The first-order chi connectivity index (χ1) is 13.6. The number of nitrogens with zero attached hydrogens (tertiary/aromatic N) is 4. The first-order valence-electron chi connectivity index (χ1n) is 9.04. The lowest BCUT2D eigenvalue weighted by molar-refractivity contribution is 0.340. The predicted molar refractivity (Wildman–Crippen MR) is 113 cm³/mol. The molecule has 0 aliphatic rings. The second-order valence-electron chi connectivity index (χ2n) is 6.50. The van der Waals surface area contributed by atoms with E-state index in [1.54, 1.807) is 4.68 Å². The Morgan fingerprint density at radius 3 is 2.57 bits per heavy atom. The van der Waals surface area contributed by atoms with Crippen LogP contribution in [0.1, 0.15) is 18.1 Å². The topological polar surface area (TPSA) is 78.9 Å². The number of nitrogens with two attached hydrogens (primary N) is 1. The average Bonchev–Trinajstić information content (AvgIpc) is 3.32. The molecule has 0 saturated carbocycles. The summed E-state index contributed by atoms with van der Waals surface area (Å²) < 4.78 is 7.14. The van der Waals surface area contributed by atoms with E-state index in [1.165, 1.54) is 22.5 Å². The Morgan fingerprint density at radius 2 is 1.86 bits per heavy atom. The van der Waals surface area contributed by atoms with Crippen LogP contribution in [0.4, 0.5) is 5.82 Å². The Morgan fingerprint density at radius 1 is 1.07 bits per heavy atom. The number of thiazole rings is 1. The summed E-state index contributed by atoms with van der Waals surface area (Å²) in [6.07, 6.45) is 0. The standard InChI is InChI=1S/C21H21N5OS/c1-4-27-17-9-6-15(7-10-17)18-12-28-21(23-18)19-20(22)26(25-24-19)16-8-5-13(2)14(3)11-16/h5-12H,4,22H2,1-3H3. The van der Waals surface area contributed by atoms with Crippen LogP contribution in [0, 0.1) is 13.8 Å². The van der Waals surface area contributed by atoms with Gasteiger partial charge < -0.3 is 10.5 Å². The average molecular weight is 392 g/mol. The van der Waals surface area contributed by atoms with Crippen LogP contribution in [0.3, 0.4) is 0 Å². The zero-order valence-electron chi connectivity index (χ0n) is 16.0. The number of anilines is 1. The summed E-state index contributed by atoms with van der Waals surface area (Å²) in [6.45, 7) is 6.76. The molecule has 0 bridgehead atoms. The Kier molecular flexibility index (Phi) is 4.83. The Labute approximate surface area is 167 Å². The number of nitrogen functional groups attached to an aromatic ring is 1. The molecule has 0 aliphatic heterocycles. The molecule has 0 aliphatic carbocycles. The summed E-state index contributed by atoms with van der Waals surface area (Å²) in [4.78, 5) is 4.71. The zero-order valence-corrected chi connectivity index (χ0v) is 16.8. The summed E-state index contributed by atoms with van der Waals surface area (Å²) in [5.74, 6) is 1.33. The van der Waals surface area contributed by atoms with Crippen molar-refractivity contribution in [2.45, 2.75) is 20.8 Å². The molecule has 4 aromatic rings. The minimum absolute atomic E-state index is 0.482. The van der Waals surface area contributed by atoms with E-state index in [0.29, 0.717) is 18.1 Å². The van der Waals surface area contributed by atoms with Crippen molar-refractivity contribution in [1.29, 1.82) is 0 Å². The van der Waals surface area contributed by atoms with E-state index in [9.17, 15) is 0 Å². The summed E-state index contributed by atoms with van der Waals surface area (Å²) in [5.41, 5.74) is 12.1. The zero-order chi connectivity index (χ0) is 19.7. The van der Waals surface area contributed by atoms with Gasteiger partial charge in [-0.2, -0.15) is 4.68 Å². The fourth-order valence-corrected chi connectivity index (χ4v) is 3.71. The summed E-state index contributed by atoms with van der Waals surface area (Å²) in [7, 11) is 0. The van der Waals surface area contributed by atoms with Crippen molar-refractivity contribution in [3.05, 3.63) is 59.0 Å². The second kappa shape index (κ2) is 7.44. The number of hydrogen-bond donors (Lipinski definition) is 1. The van der Waals surface area contributed by atoms with Crippen molar-refractivity contribution >= 4 is 17.2 Å². The number of aryl methyl sites for hydroxylation is 2. The van der Waals surface area contributed by atoms with Crippen LogP contribution in [0.5, 0.6) is 5.75 Å². The monoisotopic (exact) mass is 391 g/mol. The van der Waals surface area contributed by atoms with E-state index in [1.807, 2.05) is 42.6 Å². The van der Waals surface area contributed by atoms with Crippen LogP contribution in [-0.2, 0) is 0 Å². The van der Waals surface area contributed by atoms with Crippen molar-refractivity contribution < 1.29 is 4.74 Å². The quantitative estimate of drug-likeness (QED) is 0.535. The molecule has 2 aromatic heterocycles. The van der Waals surface area contributed by atoms with E-state index in [-0.39, 0.29) is 0 Å². The fourth-order valence-electron chi connectivity index (χ4n) is 2.89. The van der Waals surface area contributed by atoms with Crippen molar-refractivity contribution in [3.63, 3.8) is 0 Å². The number of aromatic nitrogens is 4. The Balaban J connectivity index is 1.64. The highest BCUT2D eigenvalue weighted by atomic mass is 32.1. The van der Waals surface area contributed by atoms with Gasteiger partial charge in [-0.1, -0.05) is 11.3 Å². The van der Waals surface area contributed by atoms with Gasteiger partial charge in [0.25, 0.3) is 0 Å². The molecule has 2 heterocycles. The maximum absolute atomic E-state index is 6.34. The third-order valence-electron chi connectivity index (χ3n) is 4.61. The van der Waals surface area contributed by atoms with Crippen LogP contribution in [-0.4, -0.2) is 26.6 Å². The number of ether oxygens (including phenoxy) is 1. The van der Waals surface area contributed by atoms with E-state index in [2.05, 4.69) is 36.3 Å². The summed E-state index contributed by atoms with van der Waals surface area (Å²) >= 11 is 1.50. The molecule has 7 heteroatoms. The highest BCUT2D eigenvalue weighted by molar-refractivity contribution is 7.13. The molecule has 0 fully saturated rings. The van der Waals surface area contributed by atoms with Crippen LogP contribution in [0.15, 0.2) is 47.8 Å². The van der Waals surface area contributed by atoms with Crippen molar-refractivity contribution in [2.24, 2.45) is 0 Å². The Bertz CT molecular complexity index is 1110. The molecule has 2 N–H and O–H groups in total. The lowest BCUT2D eigenvalue weighted by Gasteiger charge is -2.06. The molecule has 6 nitrogen and oxygen atoms in total. The highest BCUT2D eigenvalue weighted by Gasteiger charge is 2.17. The normalized spacial score (nSPS) is 11.0. The van der Waals surface area contributed by atoms with Gasteiger partial charge in [-0.25, -0.2) is 4.98 Å². The van der Waals surface area contributed by atoms with Gasteiger partial charge in [0, 0.05) is 10.9 Å². The number of rotatable bonds is 5. The van der Waals surface area contributed by atoms with Gasteiger partial charge in [0.15, 0.2) is 11.5 Å². The van der Waals surface area contributed by atoms with Crippen LogP contribution < -0.4 is 10.5 Å². The summed E-state index contributed by atoms with van der Waals surface area (Å²) in [5, 5.41) is 11.3. The minimum atomic E-state index is 0.482. The van der Waals surface area contributed by atoms with E-state index < -0.39 is 0 Å².